The van der Waals surface area contributed by atoms with Crippen molar-refractivity contribution >= 4 is 12.0 Å². The van der Waals surface area contributed by atoms with Crippen LogP contribution >= 0.6 is 0 Å². The van der Waals surface area contributed by atoms with Crippen molar-refractivity contribution in [3.8, 4) is 5.75 Å². The number of amides is 1. The molecule has 120 valence electrons. The lowest BCUT2D eigenvalue weighted by Crippen LogP contribution is -2.24. The maximum absolute atomic E-state index is 12.9. The molecule has 0 radical (unpaired) electrons. The van der Waals surface area contributed by atoms with Gasteiger partial charge in [-0.25, -0.2) is 4.39 Å². The number of carbonyl (C=O) groups is 1. The number of nitrogens with one attached hydrogen (secondary N) is 1. The molecule has 4 heteroatoms. The maximum Gasteiger partial charge on any atom is 0.244 e. The zero-order chi connectivity index (χ0) is 16.7. The van der Waals surface area contributed by atoms with E-state index in [1.807, 2.05) is 38.1 Å². The molecule has 0 aliphatic carbocycles. The van der Waals surface area contributed by atoms with Gasteiger partial charge in [-0.2, -0.15) is 0 Å². The molecule has 1 amide bonds. The van der Waals surface area contributed by atoms with Gasteiger partial charge in [0.15, 0.2) is 0 Å². The van der Waals surface area contributed by atoms with Crippen LogP contribution in [0.25, 0.3) is 6.08 Å². The number of halogens is 1. The smallest absolute Gasteiger partial charge is 0.244 e. The van der Waals surface area contributed by atoms with E-state index in [0.717, 1.165) is 16.9 Å². The first-order chi connectivity index (χ1) is 11.1. The molecule has 1 N–H and O–H groups in total. The Morgan fingerprint density at radius 1 is 1.17 bits per heavy atom. The highest BCUT2D eigenvalue weighted by Gasteiger charge is 2.07. The van der Waals surface area contributed by atoms with Gasteiger partial charge in [0, 0.05) is 6.08 Å². The third kappa shape index (κ3) is 5.25. The Bertz CT molecular complexity index is 663. The van der Waals surface area contributed by atoms with Crippen LogP contribution in [0, 0.1) is 5.82 Å². The molecule has 2 rings (SSSR count). The van der Waals surface area contributed by atoms with Gasteiger partial charge < -0.3 is 10.1 Å². The van der Waals surface area contributed by atoms with Crippen LogP contribution in [0.5, 0.6) is 5.75 Å². The molecule has 0 saturated carbocycles. The van der Waals surface area contributed by atoms with Crippen LogP contribution in [0.15, 0.2) is 54.6 Å². The normalized spacial score (nSPS) is 12.1. The van der Waals surface area contributed by atoms with E-state index in [2.05, 4.69) is 5.32 Å². The Hall–Kier alpha value is -2.62. The molecule has 0 aliphatic rings. The van der Waals surface area contributed by atoms with E-state index in [9.17, 15) is 9.18 Å². The minimum atomic E-state index is -0.289. The molecule has 2 aromatic carbocycles. The van der Waals surface area contributed by atoms with Crippen LogP contribution in [0.4, 0.5) is 4.39 Å². The highest BCUT2D eigenvalue weighted by Crippen LogP contribution is 2.14. The third-order valence-corrected chi connectivity index (χ3v) is 3.35. The molecule has 1 atom stereocenters. The lowest BCUT2D eigenvalue weighted by atomic mass is 10.1. The first-order valence-electron chi connectivity index (χ1n) is 7.55. The number of benzene rings is 2. The number of carbonyl (C=O) groups excluding carboxylic acids is 1. The number of ether oxygens (including phenoxy) is 1. The molecule has 23 heavy (non-hydrogen) atoms. The Balaban J connectivity index is 1.91. The molecular formula is C19H20FNO2. The minimum Gasteiger partial charge on any atom is -0.494 e. The first-order valence-corrected chi connectivity index (χ1v) is 7.55. The average Bonchev–Trinajstić information content (AvgIpc) is 2.55. The highest BCUT2D eigenvalue weighted by atomic mass is 19.1. The lowest BCUT2D eigenvalue weighted by molar-refractivity contribution is -0.117. The van der Waals surface area contributed by atoms with Crippen molar-refractivity contribution in [3.05, 3.63) is 71.6 Å². The highest BCUT2D eigenvalue weighted by molar-refractivity contribution is 5.91. The van der Waals surface area contributed by atoms with Crippen LogP contribution in [0.2, 0.25) is 0 Å². The van der Waals surface area contributed by atoms with Gasteiger partial charge in [-0.05, 0) is 55.3 Å². The molecule has 0 spiro atoms. The van der Waals surface area contributed by atoms with E-state index in [1.165, 1.54) is 18.2 Å². The van der Waals surface area contributed by atoms with Crippen LogP contribution in [0.3, 0.4) is 0 Å². The van der Waals surface area contributed by atoms with Gasteiger partial charge in [0.2, 0.25) is 5.91 Å². The zero-order valence-electron chi connectivity index (χ0n) is 13.3. The van der Waals surface area contributed by atoms with Gasteiger partial charge in [-0.3, -0.25) is 4.79 Å². The average molecular weight is 313 g/mol. The van der Waals surface area contributed by atoms with Crippen molar-refractivity contribution < 1.29 is 13.9 Å². The quantitative estimate of drug-likeness (QED) is 0.815. The Labute approximate surface area is 135 Å². The van der Waals surface area contributed by atoms with Gasteiger partial charge in [0.25, 0.3) is 0 Å². The third-order valence-electron chi connectivity index (χ3n) is 3.35. The molecule has 2 aromatic rings. The fourth-order valence-corrected chi connectivity index (χ4v) is 2.11. The summed E-state index contributed by atoms with van der Waals surface area (Å²) in [5, 5.41) is 2.84. The lowest BCUT2D eigenvalue weighted by Gasteiger charge is -2.12. The molecule has 0 aliphatic heterocycles. The van der Waals surface area contributed by atoms with Gasteiger partial charge >= 0.3 is 0 Å². The van der Waals surface area contributed by atoms with E-state index >= 15 is 0 Å². The van der Waals surface area contributed by atoms with Crippen LogP contribution in [-0.2, 0) is 4.79 Å². The molecule has 0 fully saturated rings. The summed E-state index contributed by atoms with van der Waals surface area (Å²) in [5.74, 6) is 0.317. The standard InChI is InChI=1S/C19H20FNO2/c1-3-23-18-11-4-15(5-12-18)6-13-19(22)21-14(2)16-7-9-17(20)10-8-16/h4-14H,3H2,1-2H3,(H,21,22)/b13-6+. The van der Waals surface area contributed by atoms with Gasteiger partial charge in [-0.15, -0.1) is 0 Å². The zero-order valence-corrected chi connectivity index (χ0v) is 13.3. The molecule has 0 bridgehead atoms. The van der Waals surface area contributed by atoms with Crippen LogP contribution < -0.4 is 10.1 Å². The minimum absolute atomic E-state index is 0.187. The molecule has 1 unspecified atom stereocenters. The summed E-state index contributed by atoms with van der Waals surface area (Å²) in [6.07, 6.45) is 3.22. The monoisotopic (exact) mass is 313 g/mol. The number of rotatable bonds is 6. The van der Waals surface area contributed by atoms with E-state index in [-0.39, 0.29) is 17.8 Å². The Morgan fingerprint density at radius 2 is 1.83 bits per heavy atom. The predicted octanol–water partition coefficient (Wildman–Crippen LogP) is 4.12. The molecule has 3 nitrogen and oxygen atoms in total. The van der Waals surface area contributed by atoms with Crippen molar-refractivity contribution in [1.82, 2.24) is 5.32 Å². The van der Waals surface area contributed by atoms with Crippen molar-refractivity contribution in [2.45, 2.75) is 19.9 Å². The fourth-order valence-electron chi connectivity index (χ4n) is 2.11. The van der Waals surface area contributed by atoms with Crippen molar-refractivity contribution in [2.75, 3.05) is 6.61 Å². The molecule has 0 saturated heterocycles. The predicted molar refractivity (Wildman–Crippen MR) is 89.6 cm³/mol. The second kappa shape index (κ2) is 8.13. The summed E-state index contributed by atoms with van der Waals surface area (Å²) in [7, 11) is 0. The summed E-state index contributed by atoms with van der Waals surface area (Å²) < 4.78 is 18.3. The van der Waals surface area contributed by atoms with Crippen molar-refractivity contribution in [1.29, 1.82) is 0 Å². The van der Waals surface area contributed by atoms with E-state index < -0.39 is 0 Å². The van der Waals surface area contributed by atoms with Crippen molar-refractivity contribution in [2.24, 2.45) is 0 Å². The van der Waals surface area contributed by atoms with Gasteiger partial charge in [0.05, 0.1) is 12.6 Å². The van der Waals surface area contributed by atoms with E-state index in [1.54, 1.807) is 18.2 Å². The first kappa shape index (κ1) is 16.7. The van der Waals surface area contributed by atoms with Crippen molar-refractivity contribution in [3.63, 3.8) is 0 Å². The molecular weight excluding hydrogens is 293 g/mol. The fraction of sp³-hybridized carbons (Fsp3) is 0.211. The summed E-state index contributed by atoms with van der Waals surface area (Å²) >= 11 is 0. The maximum atomic E-state index is 12.9. The number of hydrogen-bond donors (Lipinski definition) is 1. The van der Waals surface area contributed by atoms with Crippen LogP contribution in [-0.4, -0.2) is 12.5 Å². The SMILES string of the molecule is CCOc1ccc(/C=C/C(=O)NC(C)c2ccc(F)cc2)cc1. The summed E-state index contributed by atoms with van der Waals surface area (Å²) in [5.41, 5.74) is 1.77. The molecule has 0 aromatic heterocycles. The van der Waals surface area contributed by atoms with Crippen LogP contribution in [0.1, 0.15) is 31.0 Å². The topological polar surface area (TPSA) is 38.3 Å². The van der Waals surface area contributed by atoms with E-state index in [4.69, 9.17) is 4.74 Å². The second-order valence-electron chi connectivity index (χ2n) is 5.12. The molecule has 0 heterocycles. The van der Waals surface area contributed by atoms with Gasteiger partial charge in [0.1, 0.15) is 11.6 Å². The Kier molecular flexibility index (Phi) is 5.92. The largest absolute Gasteiger partial charge is 0.494 e. The summed E-state index contributed by atoms with van der Waals surface area (Å²) in [6.45, 7) is 4.41. The summed E-state index contributed by atoms with van der Waals surface area (Å²) in [6, 6.07) is 13.4. The Morgan fingerprint density at radius 3 is 2.43 bits per heavy atom. The number of hydrogen-bond acceptors (Lipinski definition) is 2. The van der Waals surface area contributed by atoms with Gasteiger partial charge in [-0.1, -0.05) is 24.3 Å². The second-order valence-corrected chi connectivity index (χ2v) is 5.12. The van der Waals surface area contributed by atoms with E-state index in [0.29, 0.717) is 6.61 Å². The summed E-state index contributed by atoms with van der Waals surface area (Å²) in [4.78, 5) is 11.9.